The third-order valence-corrected chi connectivity index (χ3v) is 4.47. The van der Waals surface area contributed by atoms with Crippen molar-refractivity contribution < 1.29 is 38.7 Å². The van der Waals surface area contributed by atoms with Crippen LogP contribution in [-0.2, 0) is 28.5 Å². The highest BCUT2D eigenvalue weighted by atomic mass is 16.7. The van der Waals surface area contributed by atoms with E-state index in [0.717, 1.165) is 38.5 Å². The molecule has 2 atom stereocenters. The van der Waals surface area contributed by atoms with Crippen LogP contribution >= 0.6 is 0 Å². The van der Waals surface area contributed by atoms with E-state index in [4.69, 9.17) is 18.9 Å². The molecule has 0 heterocycles. The summed E-state index contributed by atoms with van der Waals surface area (Å²) in [5, 5.41) is 18.7. The maximum atomic E-state index is 11.5. The Morgan fingerprint density at radius 3 is 1.41 bits per heavy atom. The van der Waals surface area contributed by atoms with Gasteiger partial charge < -0.3 is 29.2 Å². The molecule has 0 saturated carbocycles. The van der Waals surface area contributed by atoms with E-state index in [1.54, 1.807) is 0 Å². The zero-order valence-corrected chi connectivity index (χ0v) is 18.5. The molecule has 0 amide bonds. The van der Waals surface area contributed by atoms with Crippen LogP contribution in [0.4, 0.5) is 0 Å². The molecule has 0 aliphatic heterocycles. The molecule has 2 unspecified atom stereocenters. The molecule has 0 aromatic rings. The monoisotopic (exact) mass is 420 g/mol. The summed E-state index contributed by atoms with van der Waals surface area (Å²) >= 11 is 0. The minimum absolute atomic E-state index is 0.0721. The van der Waals surface area contributed by atoms with Crippen molar-refractivity contribution >= 4 is 11.9 Å². The van der Waals surface area contributed by atoms with Crippen molar-refractivity contribution in [2.24, 2.45) is 0 Å². The second-order valence-corrected chi connectivity index (χ2v) is 7.11. The largest absolute Gasteiger partial charge is 0.481 e. The van der Waals surface area contributed by atoms with Gasteiger partial charge in [0.15, 0.2) is 5.79 Å². The van der Waals surface area contributed by atoms with Gasteiger partial charge in [0, 0.05) is 13.2 Å². The van der Waals surface area contributed by atoms with E-state index >= 15 is 0 Å². The molecule has 8 nitrogen and oxygen atoms in total. The van der Waals surface area contributed by atoms with Crippen LogP contribution in [0.3, 0.4) is 0 Å². The van der Waals surface area contributed by atoms with Gasteiger partial charge in [0.2, 0.25) is 0 Å². The fourth-order valence-corrected chi connectivity index (χ4v) is 3.02. The number of rotatable bonds is 20. The second-order valence-electron chi connectivity index (χ2n) is 7.11. The summed E-state index contributed by atoms with van der Waals surface area (Å²) in [6.07, 6.45) is 3.72. The van der Waals surface area contributed by atoms with Crippen LogP contribution < -0.4 is 0 Å². The predicted octanol–water partition coefficient (Wildman–Crippen LogP) is 3.86. The van der Waals surface area contributed by atoms with Crippen molar-refractivity contribution in [3.63, 3.8) is 0 Å². The van der Waals surface area contributed by atoms with Crippen molar-refractivity contribution in [1.82, 2.24) is 0 Å². The first-order valence-corrected chi connectivity index (χ1v) is 10.8. The lowest BCUT2D eigenvalue weighted by Gasteiger charge is -2.34. The number of hydrogen-bond donors (Lipinski definition) is 2. The lowest BCUT2D eigenvalue weighted by molar-refractivity contribution is -0.264. The molecule has 0 radical (unpaired) electrons. The zero-order valence-electron chi connectivity index (χ0n) is 18.5. The van der Waals surface area contributed by atoms with Crippen LogP contribution in [0.25, 0.3) is 0 Å². The van der Waals surface area contributed by atoms with Crippen LogP contribution in [0.5, 0.6) is 0 Å². The molecule has 0 aromatic heterocycles. The quantitative estimate of drug-likeness (QED) is 0.286. The first kappa shape index (κ1) is 27.8. The first-order chi connectivity index (χ1) is 13.8. The van der Waals surface area contributed by atoms with Crippen LogP contribution in [0.2, 0.25) is 0 Å². The predicted molar refractivity (Wildman–Crippen MR) is 109 cm³/mol. The first-order valence-electron chi connectivity index (χ1n) is 10.8. The topological polar surface area (TPSA) is 112 Å². The molecule has 0 bridgehead atoms. The van der Waals surface area contributed by atoms with Gasteiger partial charge >= 0.3 is 11.9 Å². The number of carbonyl (C=O) groups is 2. The van der Waals surface area contributed by atoms with Crippen molar-refractivity contribution in [2.45, 2.75) is 97.1 Å². The SMILES string of the molecule is CCCCC(COC(CC(=O)O)(CC(=O)O)OCC(CCCC)OCC)OCC. The molecule has 0 aliphatic carbocycles. The van der Waals surface area contributed by atoms with Gasteiger partial charge in [0.25, 0.3) is 0 Å². The summed E-state index contributed by atoms with van der Waals surface area (Å²) in [6, 6.07) is 0. The number of aliphatic carboxylic acids is 2. The van der Waals surface area contributed by atoms with Crippen LogP contribution in [0, 0.1) is 0 Å². The van der Waals surface area contributed by atoms with E-state index in [0.29, 0.717) is 13.2 Å². The number of carboxylic acids is 2. The third-order valence-electron chi connectivity index (χ3n) is 4.47. The summed E-state index contributed by atoms with van der Waals surface area (Å²) in [6.45, 7) is 9.01. The molecule has 0 aliphatic rings. The lowest BCUT2D eigenvalue weighted by Crippen LogP contribution is -2.44. The highest BCUT2D eigenvalue weighted by Gasteiger charge is 2.39. The van der Waals surface area contributed by atoms with E-state index in [1.165, 1.54) is 0 Å². The zero-order chi connectivity index (χ0) is 22.1. The molecule has 8 heteroatoms. The van der Waals surface area contributed by atoms with Crippen molar-refractivity contribution in [2.75, 3.05) is 26.4 Å². The standard InChI is InChI=1S/C21H40O8/c1-5-9-11-17(26-7-3)15-28-21(13-19(22)23,14-20(24)25)29-16-18(27-8-4)12-10-6-2/h17-18H,5-16H2,1-4H3,(H,22,23)(H,24,25). The van der Waals surface area contributed by atoms with Gasteiger partial charge in [-0.25, -0.2) is 0 Å². The van der Waals surface area contributed by atoms with Crippen LogP contribution in [-0.4, -0.2) is 66.6 Å². The van der Waals surface area contributed by atoms with E-state index in [-0.39, 0.29) is 25.4 Å². The Morgan fingerprint density at radius 2 is 1.14 bits per heavy atom. The van der Waals surface area contributed by atoms with Gasteiger partial charge in [-0.1, -0.05) is 39.5 Å². The van der Waals surface area contributed by atoms with Crippen molar-refractivity contribution in [1.29, 1.82) is 0 Å². The molecule has 0 aromatic carbocycles. The molecule has 29 heavy (non-hydrogen) atoms. The maximum Gasteiger partial charge on any atom is 0.308 e. The minimum Gasteiger partial charge on any atom is -0.481 e. The maximum absolute atomic E-state index is 11.5. The molecule has 0 spiro atoms. The normalized spacial score (nSPS) is 13.9. The molecular formula is C21H40O8. The fourth-order valence-electron chi connectivity index (χ4n) is 3.02. The number of unbranched alkanes of at least 4 members (excludes halogenated alkanes) is 2. The van der Waals surface area contributed by atoms with Gasteiger partial charge in [-0.15, -0.1) is 0 Å². The average molecular weight is 421 g/mol. The van der Waals surface area contributed by atoms with E-state index < -0.39 is 30.6 Å². The highest BCUT2D eigenvalue weighted by molar-refractivity contribution is 5.72. The lowest BCUT2D eigenvalue weighted by atomic mass is 10.1. The van der Waals surface area contributed by atoms with Gasteiger partial charge in [-0.05, 0) is 26.7 Å². The Balaban J connectivity index is 5.31. The molecule has 2 N–H and O–H groups in total. The molecule has 0 saturated heterocycles. The summed E-state index contributed by atoms with van der Waals surface area (Å²) in [4.78, 5) is 22.9. The Kier molecular flexibility index (Phi) is 15.9. The van der Waals surface area contributed by atoms with E-state index in [1.807, 2.05) is 13.8 Å². The highest BCUT2D eigenvalue weighted by Crippen LogP contribution is 2.26. The molecule has 172 valence electrons. The average Bonchev–Trinajstić information content (AvgIpc) is 2.65. The fraction of sp³-hybridized carbons (Fsp3) is 0.905. The van der Waals surface area contributed by atoms with Gasteiger partial charge in [-0.2, -0.15) is 0 Å². The van der Waals surface area contributed by atoms with Crippen molar-refractivity contribution in [3.8, 4) is 0 Å². The second kappa shape index (κ2) is 16.6. The Bertz CT molecular complexity index is 400. The third kappa shape index (κ3) is 13.6. The van der Waals surface area contributed by atoms with Gasteiger partial charge in [-0.3, -0.25) is 9.59 Å². The Hall–Kier alpha value is -1.22. The molecular weight excluding hydrogens is 380 g/mol. The number of ether oxygens (including phenoxy) is 4. The van der Waals surface area contributed by atoms with E-state index in [2.05, 4.69) is 13.8 Å². The molecule has 0 rings (SSSR count). The van der Waals surface area contributed by atoms with Crippen LogP contribution in [0.1, 0.15) is 79.1 Å². The smallest absolute Gasteiger partial charge is 0.308 e. The number of carboxylic acid groups (broad SMARTS) is 2. The summed E-state index contributed by atoms with van der Waals surface area (Å²) in [7, 11) is 0. The van der Waals surface area contributed by atoms with E-state index in [9.17, 15) is 19.8 Å². The molecule has 0 fully saturated rings. The van der Waals surface area contributed by atoms with Gasteiger partial charge in [0.05, 0.1) is 38.3 Å². The summed E-state index contributed by atoms with van der Waals surface area (Å²) < 4.78 is 23.0. The van der Waals surface area contributed by atoms with Crippen molar-refractivity contribution in [3.05, 3.63) is 0 Å². The Labute approximate surface area is 174 Å². The summed E-state index contributed by atoms with van der Waals surface area (Å²) in [5.41, 5.74) is 0. The van der Waals surface area contributed by atoms with Crippen LogP contribution in [0.15, 0.2) is 0 Å². The van der Waals surface area contributed by atoms with Gasteiger partial charge in [0.1, 0.15) is 0 Å². The Morgan fingerprint density at radius 1 is 0.759 bits per heavy atom. The summed E-state index contributed by atoms with van der Waals surface area (Å²) in [5.74, 6) is -4.13. The minimum atomic E-state index is -1.76. The number of hydrogen-bond acceptors (Lipinski definition) is 6.